The quantitative estimate of drug-likeness (QED) is 0.480. The maximum atomic E-state index is 15.0. The van der Waals surface area contributed by atoms with Crippen LogP contribution >= 0.6 is 0 Å². The van der Waals surface area contributed by atoms with E-state index < -0.39 is 34.9 Å². The minimum absolute atomic E-state index is 0.106. The summed E-state index contributed by atoms with van der Waals surface area (Å²) in [4.78, 5) is 25.8. The van der Waals surface area contributed by atoms with Crippen molar-refractivity contribution in [2.75, 3.05) is 18.4 Å². The third-order valence-corrected chi connectivity index (χ3v) is 5.14. The second-order valence-electron chi connectivity index (χ2n) is 7.36. The van der Waals surface area contributed by atoms with Crippen LogP contribution in [0, 0.1) is 24.0 Å². The van der Waals surface area contributed by atoms with Crippen LogP contribution in [-0.4, -0.2) is 36.0 Å². The van der Waals surface area contributed by atoms with Gasteiger partial charge in [-0.1, -0.05) is 0 Å². The van der Waals surface area contributed by atoms with Crippen molar-refractivity contribution >= 4 is 23.7 Å². The molecule has 168 valence electrons. The number of rotatable bonds is 5. The summed E-state index contributed by atoms with van der Waals surface area (Å²) < 4.78 is 57.6. The SMILES string of the molecule is Cc1cc(NC(=O)c2ccc(F)c(C(F)(F)C(=O)N3CCC(C=N)=C(N)C3)c2)ccc1F. The van der Waals surface area contributed by atoms with Crippen LogP contribution in [0.15, 0.2) is 47.7 Å². The standard InChI is InChI=1S/C22H20F4N4O2/c1-12-8-15(3-5-17(12)23)29-20(31)13-2-4-18(24)16(9-13)22(25,26)21(32)30-7-6-14(10-27)19(28)11-30/h2-5,8-10,27H,6-7,11,28H2,1H3,(H,29,31). The van der Waals surface area contributed by atoms with E-state index in [1.165, 1.54) is 19.1 Å². The minimum Gasteiger partial charge on any atom is -0.400 e. The Hall–Kier alpha value is -3.69. The first-order valence-electron chi connectivity index (χ1n) is 9.57. The number of carbonyl (C=O) groups excluding carboxylic acids is 2. The van der Waals surface area contributed by atoms with E-state index in [1.807, 2.05) is 0 Å². The van der Waals surface area contributed by atoms with Crippen LogP contribution in [0.1, 0.15) is 27.9 Å². The van der Waals surface area contributed by atoms with Crippen molar-refractivity contribution < 1.29 is 27.2 Å². The Kier molecular flexibility index (Phi) is 6.33. The molecule has 0 radical (unpaired) electrons. The van der Waals surface area contributed by atoms with Crippen LogP contribution in [0.2, 0.25) is 0 Å². The molecular weight excluding hydrogens is 428 g/mol. The summed E-state index contributed by atoms with van der Waals surface area (Å²) in [6, 6.07) is 6.08. The lowest BCUT2D eigenvalue weighted by Gasteiger charge is -2.31. The Bertz CT molecular complexity index is 1130. The maximum Gasteiger partial charge on any atom is 0.352 e. The highest BCUT2D eigenvalue weighted by Crippen LogP contribution is 2.34. The molecule has 4 N–H and O–H groups in total. The summed E-state index contributed by atoms with van der Waals surface area (Å²) in [5.74, 6) is -8.57. The van der Waals surface area contributed by atoms with Gasteiger partial charge < -0.3 is 21.4 Å². The molecule has 0 atom stereocenters. The van der Waals surface area contributed by atoms with Gasteiger partial charge in [0.2, 0.25) is 0 Å². The van der Waals surface area contributed by atoms with Crippen LogP contribution in [0.3, 0.4) is 0 Å². The molecule has 1 aliphatic rings. The molecule has 3 rings (SSSR count). The number of hydrogen-bond acceptors (Lipinski definition) is 4. The first-order valence-corrected chi connectivity index (χ1v) is 9.57. The summed E-state index contributed by atoms with van der Waals surface area (Å²) in [6.45, 7) is 1.07. The predicted molar refractivity (Wildman–Crippen MR) is 111 cm³/mol. The Labute approximate surface area is 181 Å². The summed E-state index contributed by atoms with van der Waals surface area (Å²) in [7, 11) is 0. The van der Waals surface area contributed by atoms with Crippen molar-refractivity contribution in [3.05, 3.63) is 76.0 Å². The van der Waals surface area contributed by atoms with E-state index in [0.29, 0.717) is 17.7 Å². The van der Waals surface area contributed by atoms with E-state index in [-0.39, 0.29) is 42.0 Å². The van der Waals surface area contributed by atoms with Crippen molar-refractivity contribution in [2.24, 2.45) is 5.73 Å². The first-order chi connectivity index (χ1) is 15.0. The van der Waals surface area contributed by atoms with E-state index >= 15 is 0 Å². The zero-order chi connectivity index (χ0) is 23.6. The fraction of sp³-hybridized carbons (Fsp3) is 0.227. The van der Waals surface area contributed by atoms with Gasteiger partial charge in [-0.3, -0.25) is 9.59 Å². The number of anilines is 1. The van der Waals surface area contributed by atoms with Gasteiger partial charge in [0.25, 0.3) is 11.8 Å². The molecule has 1 heterocycles. The van der Waals surface area contributed by atoms with Crippen LogP contribution in [0.25, 0.3) is 0 Å². The van der Waals surface area contributed by atoms with Gasteiger partial charge >= 0.3 is 5.92 Å². The molecule has 0 spiro atoms. The molecule has 0 aromatic heterocycles. The fourth-order valence-corrected chi connectivity index (χ4v) is 3.29. The third kappa shape index (κ3) is 4.48. The van der Waals surface area contributed by atoms with Crippen molar-refractivity contribution in [2.45, 2.75) is 19.3 Å². The molecule has 2 aromatic carbocycles. The zero-order valence-electron chi connectivity index (χ0n) is 17.0. The van der Waals surface area contributed by atoms with Crippen LogP contribution in [-0.2, 0) is 10.7 Å². The number of carbonyl (C=O) groups is 2. The van der Waals surface area contributed by atoms with Crippen molar-refractivity contribution in [1.29, 1.82) is 5.41 Å². The molecule has 6 nitrogen and oxygen atoms in total. The highest BCUT2D eigenvalue weighted by molar-refractivity contribution is 6.04. The molecule has 2 aromatic rings. The molecule has 0 bridgehead atoms. The zero-order valence-corrected chi connectivity index (χ0v) is 17.0. The summed E-state index contributed by atoms with van der Waals surface area (Å²) >= 11 is 0. The van der Waals surface area contributed by atoms with E-state index in [9.17, 15) is 27.2 Å². The molecule has 2 amide bonds. The number of nitrogens with two attached hydrogens (primary N) is 1. The van der Waals surface area contributed by atoms with E-state index in [0.717, 1.165) is 23.2 Å². The molecule has 0 saturated heterocycles. The molecule has 32 heavy (non-hydrogen) atoms. The number of nitrogens with zero attached hydrogens (tertiary/aromatic N) is 1. The fourth-order valence-electron chi connectivity index (χ4n) is 3.29. The Balaban J connectivity index is 1.86. The highest BCUT2D eigenvalue weighted by Gasteiger charge is 2.46. The molecule has 1 aliphatic heterocycles. The van der Waals surface area contributed by atoms with Gasteiger partial charge in [-0.15, -0.1) is 0 Å². The maximum absolute atomic E-state index is 15.0. The molecular formula is C22H20F4N4O2. The van der Waals surface area contributed by atoms with Gasteiger partial charge in [-0.2, -0.15) is 8.78 Å². The number of halogens is 4. The second kappa shape index (κ2) is 8.81. The topological polar surface area (TPSA) is 99.3 Å². The number of nitrogens with one attached hydrogen (secondary N) is 2. The van der Waals surface area contributed by atoms with Gasteiger partial charge in [0, 0.05) is 29.7 Å². The van der Waals surface area contributed by atoms with Crippen LogP contribution < -0.4 is 11.1 Å². The van der Waals surface area contributed by atoms with Crippen molar-refractivity contribution in [3.8, 4) is 0 Å². The smallest absolute Gasteiger partial charge is 0.352 e. The van der Waals surface area contributed by atoms with Gasteiger partial charge in [0.15, 0.2) is 0 Å². The minimum atomic E-state index is -4.25. The first kappa shape index (κ1) is 23.0. The van der Waals surface area contributed by atoms with Gasteiger partial charge in [-0.05, 0) is 60.9 Å². The lowest BCUT2D eigenvalue weighted by atomic mass is 10.0. The normalized spacial score (nSPS) is 14.3. The van der Waals surface area contributed by atoms with Gasteiger partial charge in [0.1, 0.15) is 11.6 Å². The highest BCUT2D eigenvalue weighted by atomic mass is 19.3. The van der Waals surface area contributed by atoms with Crippen LogP contribution in [0.5, 0.6) is 0 Å². The monoisotopic (exact) mass is 448 g/mol. The van der Waals surface area contributed by atoms with Gasteiger partial charge in [0.05, 0.1) is 12.1 Å². The molecule has 10 heteroatoms. The van der Waals surface area contributed by atoms with Crippen molar-refractivity contribution in [1.82, 2.24) is 4.90 Å². The average molecular weight is 448 g/mol. The second-order valence-corrected chi connectivity index (χ2v) is 7.36. The van der Waals surface area contributed by atoms with E-state index in [2.05, 4.69) is 5.32 Å². The van der Waals surface area contributed by atoms with Crippen LogP contribution in [0.4, 0.5) is 23.2 Å². The number of amides is 2. The lowest BCUT2D eigenvalue weighted by molar-refractivity contribution is -0.159. The number of aryl methyl sites for hydroxylation is 1. The third-order valence-electron chi connectivity index (χ3n) is 5.14. The Morgan fingerprint density at radius 2 is 1.84 bits per heavy atom. The molecule has 0 unspecified atom stereocenters. The summed E-state index contributed by atoms with van der Waals surface area (Å²) in [5, 5.41) is 9.65. The number of hydrogen-bond donors (Lipinski definition) is 3. The molecule has 0 saturated carbocycles. The molecule has 0 fully saturated rings. The van der Waals surface area contributed by atoms with E-state index in [4.69, 9.17) is 11.1 Å². The largest absolute Gasteiger partial charge is 0.400 e. The number of alkyl halides is 2. The Morgan fingerprint density at radius 1 is 1.16 bits per heavy atom. The summed E-state index contributed by atoms with van der Waals surface area (Å²) in [5.41, 5.74) is 5.22. The lowest BCUT2D eigenvalue weighted by Crippen LogP contribution is -2.46. The number of benzene rings is 2. The van der Waals surface area contributed by atoms with Gasteiger partial charge in [-0.25, -0.2) is 8.78 Å². The van der Waals surface area contributed by atoms with Crippen molar-refractivity contribution in [3.63, 3.8) is 0 Å². The average Bonchev–Trinajstić information content (AvgIpc) is 2.75. The Morgan fingerprint density at radius 3 is 2.47 bits per heavy atom. The molecule has 0 aliphatic carbocycles. The van der Waals surface area contributed by atoms with E-state index in [1.54, 1.807) is 0 Å². The summed E-state index contributed by atoms with van der Waals surface area (Å²) in [6.07, 6.45) is 1.12. The predicted octanol–water partition coefficient (Wildman–Crippen LogP) is 3.71.